The number of hydrogen-bond acceptors (Lipinski definition) is 4. The number of benzene rings is 2. The van der Waals surface area contributed by atoms with Crippen molar-refractivity contribution in [3.8, 4) is 11.1 Å². The second-order valence-corrected chi connectivity index (χ2v) is 5.74. The Morgan fingerprint density at radius 3 is 2.62 bits per heavy atom. The van der Waals surface area contributed by atoms with Crippen molar-refractivity contribution in [3.63, 3.8) is 0 Å². The fraction of sp³-hybridized carbons (Fsp3) is 0.222. The van der Waals surface area contributed by atoms with Crippen LogP contribution in [0.1, 0.15) is 15.9 Å². The third-order valence-electron chi connectivity index (χ3n) is 3.67. The highest BCUT2D eigenvalue weighted by molar-refractivity contribution is 6.31. The van der Waals surface area contributed by atoms with Gasteiger partial charge in [-0.25, -0.2) is 4.79 Å². The van der Waals surface area contributed by atoms with Crippen LogP contribution >= 0.6 is 11.6 Å². The summed E-state index contributed by atoms with van der Waals surface area (Å²) in [5.74, 6) is -0.690. The molecule has 2 rings (SSSR count). The lowest BCUT2D eigenvalue weighted by atomic mass is 9.94. The molecule has 2 aromatic carbocycles. The molecule has 1 amide bonds. The van der Waals surface area contributed by atoms with Crippen LogP contribution in [0.5, 0.6) is 0 Å². The highest BCUT2D eigenvalue weighted by Gasteiger charge is 2.16. The summed E-state index contributed by atoms with van der Waals surface area (Å²) < 4.78 is 4.75. The number of hydrogen-bond donors (Lipinski definition) is 2. The van der Waals surface area contributed by atoms with E-state index in [-0.39, 0.29) is 5.91 Å². The predicted molar refractivity (Wildman–Crippen MR) is 94.0 cm³/mol. The highest BCUT2D eigenvalue weighted by atomic mass is 35.5. The monoisotopic (exact) mass is 346 g/mol. The number of nitrogens with one attached hydrogen (secondary N) is 1. The van der Waals surface area contributed by atoms with E-state index in [9.17, 15) is 9.59 Å². The van der Waals surface area contributed by atoms with E-state index in [0.29, 0.717) is 17.0 Å². The van der Waals surface area contributed by atoms with E-state index in [1.165, 1.54) is 7.11 Å². The lowest BCUT2D eigenvalue weighted by Crippen LogP contribution is -2.40. The number of rotatable bonds is 5. The highest BCUT2D eigenvalue weighted by Crippen LogP contribution is 2.28. The first-order valence-electron chi connectivity index (χ1n) is 7.40. The summed E-state index contributed by atoms with van der Waals surface area (Å²) in [6.45, 7) is 0. The largest absolute Gasteiger partial charge is 0.465 e. The number of likely N-dealkylation sites (N-methyl/N-ethyl adjacent to an activating group) is 1. The molecule has 1 atom stereocenters. The number of ether oxygens (including phenoxy) is 1. The molecule has 0 radical (unpaired) electrons. The van der Waals surface area contributed by atoms with Gasteiger partial charge in [0, 0.05) is 12.1 Å². The van der Waals surface area contributed by atoms with Crippen molar-refractivity contribution in [2.75, 3.05) is 14.2 Å². The molecule has 0 aliphatic rings. The summed E-state index contributed by atoms with van der Waals surface area (Å²) in [4.78, 5) is 23.5. The van der Waals surface area contributed by atoms with Crippen LogP contribution in [0.25, 0.3) is 11.1 Å². The van der Waals surface area contributed by atoms with Crippen LogP contribution in [0.4, 0.5) is 0 Å². The molecule has 0 heterocycles. The topological polar surface area (TPSA) is 81.4 Å². The molecule has 24 heavy (non-hydrogen) atoms. The van der Waals surface area contributed by atoms with E-state index in [1.54, 1.807) is 25.2 Å². The van der Waals surface area contributed by atoms with Gasteiger partial charge in [0.15, 0.2) is 0 Å². The molecule has 0 fully saturated rings. The number of halogens is 1. The molecule has 0 spiro atoms. The first kappa shape index (κ1) is 18.0. The molecule has 0 aliphatic carbocycles. The van der Waals surface area contributed by atoms with Crippen molar-refractivity contribution in [1.82, 2.24) is 5.32 Å². The van der Waals surface area contributed by atoms with Crippen molar-refractivity contribution >= 4 is 23.5 Å². The van der Waals surface area contributed by atoms with Gasteiger partial charge in [-0.1, -0.05) is 35.9 Å². The molecule has 3 N–H and O–H groups in total. The Morgan fingerprint density at radius 2 is 1.96 bits per heavy atom. The van der Waals surface area contributed by atoms with Gasteiger partial charge in [-0.15, -0.1) is 0 Å². The summed E-state index contributed by atoms with van der Waals surface area (Å²) in [6, 6.07) is 11.9. The smallest absolute Gasteiger partial charge is 0.337 e. The maximum absolute atomic E-state index is 11.8. The summed E-state index contributed by atoms with van der Waals surface area (Å²) in [6.07, 6.45) is 0.371. The minimum absolute atomic E-state index is 0.230. The number of carbonyl (C=O) groups is 2. The van der Waals surface area contributed by atoms with Crippen molar-refractivity contribution in [2.24, 2.45) is 5.73 Å². The van der Waals surface area contributed by atoms with Gasteiger partial charge in [0.1, 0.15) is 0 Å². The Bertz CT molecular complexity index is 762. The molecule has 0 aromatic heterocycles. The lowest BCUT2D eigenvalue weighted by Gasteiger charge is -2.15. The van der Waals surface area contributed by atoms with Crippen molar-refractivity contribution in [2.45, 2.75) is 12.5 Å². The zero-order chi connectivity index (χ0) is 17.7. The fourth-order valence-electron chi connectivity index (χ4n) is 2.48. The zero-order valence-corrected chi connectivity index (χ0v) is 14.3. The molecule has 0 saturated carbocycles. The average Bonchev–Trinajstić information content (AvgIpc) is 2.60. The van der Waals surface area contributed by atoms with Gasteiger partial charge in [-0.05, 0) is 41.3 Å². The second kappa shape index (κ2) is 7.95. The van der Waals surface area contributed by atoms with Crippen LogP contribution in [0.3, 0.4) is 0 Å². The fourth-order valence-corrected chi connectivity index (χ4v) is 2.71. The van der Waals surface area contributed by atoms with Gasteiger partial charge in [-0.3, -0.25) is 4.79 Å². The van der Waals surface area contributed by atoms with Crippen LogP contribution in [-0.4, -0.2) is 32.1 Å². The lowest BCUT2D eigenvalue weighted by molar-refractivity contribution is -0.121. The molecular weight excluding hydrogens is 328 g/mol. The Morgan fingerprint density at radius 1 is 1.25 bits per heavy atom. The molecule has 126 valence electrons. The normalized spacial score (nSPS) is 11.7. The Hall–Kier alpha value is -2.37. The van der Waals surface area contributed by atoms with Crippen LogP contribution < -0.4 is 11.1 Å². The van der Waals surface area contributed by atoms with Gasteiger partial charge in [0.25, 0.3) is 0 Å². The van der Waals surface area contributed by atoms with Gasteiger partial charge < -0.3 is 15.8 Å². The summed E-state index contributed by atoms with van der Waals surface area (Å²) in [5.41, 5.74) is 8.82. The van der Waals surface area contributed by atoms with E-state index in [2.05, 4.69) is 5.32 Å². The molecule has 5 nitrogen and oxygen atoms in total. The second-order valence-electron chi connectivity index (χ2n) is 5.30. The number of esters is 1. The maximum atomic E-state index is 11.8. The standard InChI is InChI=1S/C18H19ClN2O3/c1-21-17(22)16(20)10-11-5-3-4-6-15(11)12-7-13(18(23)24-2)9-14(19)8-12/h3-9,16H,10,20H2,1-2H3,(H,21,22)/t16-/m1/s1. The molecule has 2 aromatic rings. The average molecular weight is 347 g/mol. The third-order valence-corrected chi connectivity index (χ3v) is 3.89. The van der Waals surface area contributed by atoms with Crippen LogP contribution in [-0.2, 0) is 16.0 Å². The number of carbonyl (C=O) groups excluding carboxylic acids is 2. The van der Waals surface area contributed by atoms with E-state index < -0.39 is 12.0 Å². The quantitative estimate of drug-likeness (QED) is 0.815. The molecule has 0 unspecified atom stereocenters. The number of nitrogens with two attached hydrogens (primary N) is 1. The van der Waals surface area contributed by atoms with Crippen LogP contribution in [0.15, 0.2) is 42.5 Å². The molecule has 6 heteroatoms. The minimum atomic E-state index is -0.657. The summed E-state index contributed by atoms with van der Waals surface area (Å²) in [5, 5.41) is 2.97. The summed E-state index contributed by atoms with van der Waals surface area (Å²) in [7, 11) is 2.87. The summed E-state index contributed by atoms with van der Waals surface area (Å²) >= 11 is 6.14. The maximum Gasteiger partial charge on any atom is 0.337 e. The molecular formula is C18H19ClN2O3. The van der Waals surface area contributed by atoms with Crippen LogP contribution in [0.2, 0.25) is 5.02 Å². The van der Waals surface area contributed by atoms with E-state index in [0.717, 1.165) is 16.7 Å². The zero-order valence-electron chi connectivity index (χ0n) is 13.5. The molecule has 0 saturated heterocycles. The van der Waals surface area contributed by atoms with Gasteiger partial charge in [-0.2, -0.15) is 0 Å². The van der Waals surface area contributed by atoms with Crippen LogP contribution in [0, 0.1) is 0 Å². The van der Waals surface area contributed by atoms with Crippen molar-refractivity contribution < 1.29 is 14.3 Å². The first-order chi connectivity index (χ1) is 11.5. The Kier molecular flexibility index (Phi) is 5.95. The van der Waals surface area contributed by atoms with E-state index in [4.69, 9.17) is 22.1 Å². The minimum Gasteiger partial charge on any atom is -0.465 e. The van der Waals surface area contributed by atoms with Crippen molar-refractivity contribution in [3.05, 3.63) is 58.6 Å². The molecule has 0 aliphatic heterocycles. The number of methoxy groups -OCH3 is 1. The molecule has 0 bridgehead atoms. The Balaban J connectivity index is 2.44. The van der Waals surface area contributed by atoms with Gasteiger partial charge in [0.2, 0.25) is 5.91 Å². The first-order valence-corrected chi connectivity index (χ1v) is 7.78. The van der Waals surface area contributed by atoms with E-state index in [1.807, 2.05) is 24.3 Å². The third kappa shape index (κ3) is 4.13. The SMILES string of the molecule is CNC(=O)[C@H](N)Cc1ccccc1-c1cc(Cl)cc(C(=O)OC)c1. The Labute approximate surface area is 145 Å². The van der Waals surface area contributed by atoms with Gasteiger partial charge >= 0.3 is 5.97 Å². The van der Waals surface area contributed by atoms with E-state index >= 15 is 0 Å². The number of amides is 1. The van der Waals surface area contributed by atoms with Crippen molar-refractivity contribution in [1.29, 1.82) is 0 Å². The van der Waals surface area contributed by atoms with Gasteiger partial charge in [0.05, 0.1) is 18.7 Å². The predicted octanol–water partition coefficient (Wildman–Crippen LogP) is 2.41.